The second-order valence-electron chi connectivity index (χ2n) is 13.4. The largest absolute Gasteiger partial charge is 0.362 e. The van der Waals surface area contributed by atoms with Gasteiger partial charge < -0.3 is 9.55 Å². The molecule has 8 rings (SSSR count). The molecule has 0 spiro atoms. The van der Waals surface area contributed by atoms with Gasteiger partial charge in [-0.2, -0.15) is 11.3 Å². The van der Waals surface area contributed by atoms with Crippen LogP contribution in [0.15, 0.2) is 109 Å². The van der Waals surface area contributed by atoms with Gasteiger partial charge >= 0.3 is 0 Å². The Kier molecular flexibility index (Phi) is 8.26. The molecule has 0 saturated heterocycles. The van der Waals surface area contributed by atoms with Crippen LogP contribution in [0.2, 0.25) is 19.6 Å². The molecule has 8 aromatic rings. The minimum absolute atomic E-state index is 0. The third-order valence-corrected chi connectivity index (χ3v) is 11.7. The molecule has 4 aromatic heterocycles. The van der Waals surface area contributed by atoms with E-state index in [0.29, 0.717) is 11.3 Å². The Morgan fingerprint density at radius 3 is 2.32 bits per heavy atom. The molecule has 0 aliphatic heterocycles. The third-order valence-electron chi connectivity index (χ3n) is 8.53. The molecule has 253 valence electrons. The van der Waals surface area contributed by atoms with E-state index in [1.54, 1.807) is 29.5 Å². The van der Waals surface area contributed by atoms with Crippen molar-refractivity contribution in [1.29, 1.82) is 0 Å². The number of nitrogens with zero attached hydrogens (tertiary/aromatic N) is 4. The van der Waals surface area contributed by atoms with Gasteiger partial charge in [-0.3, -0.25) is 4.98 Å². The van der Waals surface area contributed by atoms with Gasteiger partial charge in [-0.1, -0.05) is 84.7 Å². The molecule has 1 radical (unpaired) electrons. The second-order valence-corrected chi connectivity index (χ2v) is 19.4. The molecule has 0 atom stereocenters. The number of aryl methyl sites for hydroxylation is 2. The number of fused-ring (bicyclic) bond motifs is 4. The molecule has 0 unspecified atom stereocenters. The first kappa shape index (κ1) is 28.4. The number of benzene rings is 4. The fourth-order valence-electron chi connectivity index (χ4n) is 6.12. The van der Waals surface area contributed by atoms with Crippen LogP contribution in [0.25, 0.3) is 65.1 Å². The zero-order valence-electron chi connectivity index (χ0n) is 34.5. The van der Waals surface area contributed by atoms with Gasteiger partial charge in [-0.15, -0.1) is 54.1 Å². The predicted molar refractivity (Wildman–Crippen MR) is 211 cm³/mol. The maximum atomic E-state index is 7.74. The fraction of sp³-hybridized carbons (Fsp3) is 0.186. The number of imidazole rings is 1. The summed E-state index contributed by atoms with van der Waals surface area (Å²) in [7, 11) is -1.74. The monoisotopic (exact) mass is 871 g/mol. The minimum Gasteiger partial charge on any atom is -0.362 e. The fourth-order valence-corrected chi connectivity index (χ4v) is 8.59. The first-order valence-electron chi connectivity index (χ1n) is 19.3. The zero-order chi connectivity index (χ0) is 39.3. The van der Waals surface area contributed by atoms with Crippen LogP contribution >= 0.6 is 11.3 Å². The predicted octanol–water partition coefficient (Wildman–Crippen LogP) is 11.2. The van der Waals surface area contributed by atoms with Gasteiger partial charge in [0.2, 0.25) is 0 Å². The van der Waals surface area contributed by atoms with Crippen molar-refractivity contribution in [1.82, 2.24) is 19.5 Å². The van der Waals surface area contributed by atoms with Crippen LogP contribution < -0.4 is 5.19 Å². The normalized spacial score (nSPS) is 13.8. The smallest absolute Gasteiger partial charge is 0.113 e. The maximum Gasteiger partial charge on any atom is 0.113 e. The van der Waals surface area contributed by atoms with Crippen molar-refractivity contribution in [2.45, 2.75) is 53.2 Å². The number of pyridine rings is 2. The summed E-state index contributed by atoms with van der Waals surface area (Å²) < 4.78 is 49.4. The third kappa shape index (κ3) is 7.01. The first-order valence-corrected chi connectivity index (χ1v) is 20.6. The van der Waals surface area contributed by atoms with Gasteiger partial charge in [0.1, 0.15) is 4.83 Å². The number of rotatable bonds is 5. The molecule has 50 heavy (non-hydrogen) atoms. The summed E-state index contributed by atoms with van der Waals surface area (Å²) in [6.07, 6.45) is 1.86. The minimum atomic E-state index is -2.18. The van der Waals surface area contributed by atoms with Crippen LogP contribution in [-0.2, 0) is 20.1 Å². The number of aromatic nitrogens is 4. The molecular formula is C43H40IrN4SSi-2. The SMILES string of the molecule is [2H]C([2H])([2H])c1ccc(-c2cnc3sc4c(-c5nc6ccccc6n5C(C)C)[c-]ccc4c3c2)cc1.[2H]C([2H])([2H])c1nc(-c2[c-]cccc2)ccc1[Si](C)(C)C.[Ir]. The van der Waals surface area contributed by atoms with Gasteiger partial charge in [-0.05, 0) is 66.9 Å². The Morgan fingerprint density at radius 1 is 0.800 bits per heavy atom. The summed E-state index contributed by atoms with van der Waals surface area (Å²) >= 11 is 1.65. The average molecular weight is 871 g/mol. The van der Waals surface area contributed by atoms with Crippen molar-refractivity contribution in [2.24, 2.45) is 0 Å². The maximum absolute atomic E-state index is 7.74. The van der Waals surface area contributed by atoms with Crippen molar-refractivity contribution in [3.05, 3.63) is 133 Å². The van der Waals surface area contributed by atoms with E-state index in [9.17, 15) is 0 Å². The van der Waals surface area contributed by atoms with Crippen LogP contribution in [0.4, 0.5) is 0 Å². The van der Waals surface area contributed by atoms with E-state index in [4.69, 9.17) is 18.2 Å². The molecule has 4 aromatic carbocycles. The molecule has 0 fully saturated rings. The van der Waals surface area contributed by atoms with Crippen LogP contribution in [0.1, 0.15) is 39.4 Å². The summed E-state index contributed by atoms with van der Waals surface area (Å²) in [5, 5.41) is 3.09. The van der Waals surface area contributed by atoms with E-state index < -0.39 is 21.8 Å². The molecule has 7 heteroatoms. The average Bonchev–Trinajstić information content (AvgIpc) is 3.73. The summed E-state index contributed by atoms with van der Waals surface area (Å²) in [4.78, 5) is 15.1. The van der Waals surface area contributed by atoms with Crippen molar-refractivity contribution in [3.63, 3.8) is 0 Å². The molecule has 0 bridgehead atoms. The standard InChI is InChI=1S/C28H22N3S.C15H18NSi.Ir/c1-17(2)31-25-10-5-4-9-24(25)30-27(31)22-8-6-7-21-23-15-20(16-29-28(23)32-26(21)22)19-13-11-18(3)12-14-19;1-12-15(17(2,3)4)11-10-14(16-12)13-8-6-5-7-9-13;/h4-7,9-17H,1-3H3;5-8,10-11H,1-4H3;/q2*-1;/i3D3;1D3;. The number of hydrogen-bond donors (Lipinski definition) is 0. The summed E-state index contributed by atoms with van der Waals surface area (Å²) in [6.45, 7) is 6.46. The van der Waals surface area contributed by atoms with Gasteiger partial charge in [0.25, 0.3) is 0 Å². The topological polar surface area (TPSA) is 43.6 Å². The molecule has 0 saturated carbocycles. The number of para-hydroxylation sites is 2. The number of hydrogen-bond acceptors (Lipinski definition) is 4. The molecular weight excluding hydrogens is 825 g/mol. The Labute approximate surface area is 322 Å². The Hall–Kier alpha value is -4.26. The van der Waals surface area contributed by atoms with Crippen LogP contribution in [0.5, 0.6) is 0 Å². The van der Waals surface area contributed by atoms with Crippen molar-refractivity contribution >= 4 is 55.9 Å². The van der Waals surface area contributed by atoms with Crippen LogP contribution in [0.3, 0.4) is 0 Å². The Bertz CT molecular complexity index is 2650. The van der Waals surface area contributed by atoms with Gasteiger partial charge in [0.05, 0.1) is 24.9 Å². The molecule has 4 nitrogen and oxygen atoms in total. The molecule has 0 N–H and O–H groups in total. The van der Waals surface area contributed by atoms with Gasteiger partial charge in [0.15, 0.2) is 0 Å². The van der Waals surface area contributed by atoms with Crippen molar-refractivity contribution < 1.29 is 28.3 Å². The van der Waals surface area contributed by atoms with E-state index in [0.717, 1.165) is 64.6 Å². The molecule has 0 aliphatic carbocycles. The quantitative estimate of drug-likeness (QED) is 0.128. The molecule has 4 heterocycles. The van der Waals surface area contributed by atoms with E-state index in [-0.39, 0.29) is 31.8 Å². The zero-order valence-corrected chi connectivity index (χ0v) is 32.7. The van der Waals surface area contributed by atoms with Crippen molar-refractivity contribution in [3.8, 4) is 33.8 Å². The van der Waals surface area contributed by atoms with E-state index in [2.05, 4.69) is 73.4 Å². The van der Waals surface area contributed by atoms with Gasteiger partial charge in [0, 0.05) is 57.2 Å². The van der Waals surface area contributed by atoms with E-state index >= 15 is 0 Å². The second kappa shape index (κ2) is 14.5. The van der Waals surface area contributed by atoms with Gasteiger partial charge in [-0.25, -0.2) is 4.98 Å². The van der Waals surface area contributed by atoms with E-state index in [1.807, 2.05) is 72.9 Å². The number of thiophene rings is 1. The summed E-state index contributed by atoms with van der Waals surface area (Å²) in [6, 6.07) is 39.5. The van der Waals surface area contributed by atoms with Crippen LogP contribution in [0, 0.1) is 25.8 Å². The first-order chi connectivity index (χ1) is 26.0. The molecule has 0 aliphatic rings. The summed E-state index contributed by atoms with van der Waals surface area (Å²) in [5.41, 5.74) is 7.04. The molecule has 0 amide bonds. The summed E-state index contributed by atoms with van der Waals surface area (Å²) in [5.74, 6) is 0.916. The van der Waals surface area contributed by atoms with E-state index in [1.165, 1.54) is 0 Å². The van der Waals surface area contributed by atoms with Crippen molar-refractivity contribution in [2.75, 3.05) is 0 Å². The Balaban J connectivity index is 0.000000217. The van der Waals surface area contributed by atoms with Crippen LogP contribution in [-0.4, -0.2) is 27.6 Å². The Morgan fingerprint density at radius 2 is 1.60 bits per heavy atom.